The molecule has 0 amide bonds. The van der Waals surface area contributed by atoms with E-state index < -0.39 is 11.6 Å². The van der Waals surface area contributed by atoms with Gasteiger partial charge in [0.2, 0.25) is 0 Å². The number of fused-ring (bicyclic) bond motifs is 2. The lowest BCUT2D eigenvalue weighted by Gasteiger charge is -2.25. The third-order valence-corrected chi connectivity index (χ3v) is 6.82. The second kappa shape index (κ2) is 13.4. The molecule has 0 radical (unpaired) electrons. The van der Waals surface area contributed by atoms with Crippen LogP contribution in [0.4, 0.5) is 0 Å². The van der Waals surface area contributed by atoms with Gasteiger partial charge in [-0.3, -0.25) is 4.79 Å². The van der Waals surface area contributed by atoms with Crippen molar-refractivity contribution in [1.29, 1.82) is 0 Å². The highest BCUT2D eigenvalue weighted by molar-refractivity contribution is 6.30. The van der Waals surface area contributed by atoms with E-state index in [4.69, 9.17) is 34.6 Å². The average Bonchev–Trinajstić information content (AvgIpc) is 3.34. The summed E-state index contributed by atoms with van der Waals surface area (Å²) in [4.78, 5) is 35.7. The van der Waals surface area contributed by atoms with Crippen LogP contribution in [0.25, 0.3) is 21.9 Å². The molecular weight excluding hydrogens is 584 g/mol. The van der Waals surface area contributed by atoms with Crippen LogP contribution in [0, 0.1) is 0 Å². The molecule has 5 rings (SSSR count). The Morgan fingerprint density at radius 2 is 1.43 bits per heavy atom. The Balaban J connectivity index is 0.000000208. The van der Waals surface area contributed by atoms with Crippen LogP contribution >= 0.6 is 11.6 Å². The predicted octanol–water partition coefficient (Wildman–Crippen LogP) is 8.35. The summed E-state index contributed by atoms with van der Waals surface area (Å²) in [5, 5.41) is 2.32. The molecule has 0 aliphatic heterocycles. The molecular formula is C35H35ClO8. The number of hydrogen-bond acceptors (Lipinski definition) is 8. The van der Waals surface area contributed by atoms with Crippen molar-refractivity contribution in [1.82, 2.24) is 0 Å². The largest absolute Gasteiger partial charge is 0.492 e. The molecule has 8 nitrogen and oxygen atoms in total. The van der Waals surface area contributed by atoms with Crippen molar-refractivity contribution in [2.75, 3.05) is 7.11 Å². The van der Waals surface area contributed by atoms with Gasteiger partial charge in [0.05, 0.1) is 18.6 Å². The molecule has 0 unspecified atom stereocenters. The van der Waals surface area contributed by atoms with E-state index in [1.165, 1.54) is 6.07 Å². The van der Waals surface area contributed by atoms with Gasteiger partial charge in [0.15, 0.2) is 17.1 Å². The first-order chi connectivity index (χ1) is 20.8. The predicted molar refractivity (Wildman–Crippen MR) is 170 cm³/mol. The minimum atomic E-state index is -1.12. The van der Waals surface area contributed by atoms with E-state index >= 15 is 0 Å². The Morgan fingerprint density at radius 3 is 2.00 bits per heavy atom. The fraction of sp³-hybridized carbons (Fsp3) is 0.286. The Bertz CT molecular complexity index is 1830. The first-order valence-electron chi connectivity index (χ1n) is 14.1. The lowest BCUT2D eigenvalue weighted by atomic mass is 10.0. The molecule has 5 aromatic rings. The Kier molecular flexibility index (Phi) is 9.85. The maximum atomic E-state index is 12.4. The minimum absolute atomic E-state index is 0.110. The van der Waals surface area contributed by atoms with Crippen molar-refractivity contribution >= 4 is 45.3 Å². The molecule has 0 saturated carbocycles. The molecule has 0 saturated heterocycles. The highest BCUT2D eigenvalue weighted by Crippen LogP contribution is 2.39. The van der Waals surface area contributed by atoms with E-state index in [9.17, 15) is 14.4 Å². The summed E-state index contributed by atoms with van der Waals surface area (Å²) >= 11 is 5.84. The van der Waals surface area contributed by atoms with Gasteiger partial charge in [-0.2, -0.15) is 0 Å². The molecule has 9 heteroatoms. The molecule has 230 valence electrons. The molecule has 3 aromatic carbocycles. The standard InChI is InChI=1S/C20H21ClO4.C15H14O4/c1-13(2)24-19(23)20(3,4)25-17-11-7-15(8-12-17)18(22)14-5-9-16(21)10-6-14;1-8(2)14-15(17-3)10-6-9-4-5-13(16)18-11(9)7-12(10)19-14/h5-13H,1-4H3;4-8H,1-3H3. The zero-order valence-electron chi connectivity index (χ0n) is 25.7. The highest BCUT2D eigenvalue weighted by Gasteiger charge is 2.32. The summed E-state index contributed by atoms with van der Waals surface area (Å²) in [7, 11) is 1.63. The summed E-state index contributed by atoms with van der Waals surface area (Å²) in [5.74, 6) is 1.70. The summed E-state index contributed by atoms with van der Waals surface area (Å²) < 4.78 is 27.3. The lowest BCUT2D eigenvalue weighted by Crippen LogP contribution is -2.40. The maximum absolute atomic E-state index is 12.4. The zero-order chi connectivity index (χ0) is 32.2. The van der Waals surface area contributed by atoms with Crippen LogP contribution in [-0.2, 0) is 9.53 Å². The first-order valence-corrected chi connectivity index (χ1v) is 14.5. The van der Waals surface area contributed by atoms with Gasteiger partial charge in [-0.1, -0.05) is 25.4 Å². The quantitative estimate of drug-likeness (QED) is 0.0970. The molecule has 0 bridgehead atoms. The van der Waals surface area contributed by atoms with Gasteiger partial charge < -0.3 is 23.0 Å². The zero-order valence-corrected chi connectivity index (χ0v) is 26.5. The van der Waals surface area contributed by atoms with Crippen LogP contribution in [0.2, 0.25) is 5.02 Å². The number of ketones is 1. The highest BCUT2D eigenvalue weighted by atomic mass is 35.5. The van der Waals surface area contributed by atoms with Gasteiger partial charge in [0, 0.05) is 39.6 Å². The van der Waals surface area contributed by atoms with E-state index in [1.807, 2.05) is 19.9 Å². The Labute approximate surface area is 260 Å². The van der Waals surface area contributed by atoms with Gasteiger partial charge >= 0.3 is 11.6 Å². The van der Waals surface area contributed by atoms with E-state index in [0.717, 1.165) is 22.3 Å². The number of methoxy groups -OCH3 is 1. The molecule has 0 aliphatic rings. The Morgan fingerprint density at radius 1 is 0.818 bits per heavy atom. The van der Waals surface area contributed by atoms with Crippen LogP contribution in [0.1, 0.15) is 69.1 Å². The van der Waals surface area contributed by atoms with Gasteiger partial charge in [0.25, 0.3) is 0 Å². The second-order valence-corrected chi connectivity index (χ2v) is 11.7. The topological polar surface area (TPSA) is 105 Å². The number of carbonyl (C=O) groups is 2. The van der Waals surface area contributed by atoms with Gasteiger partial charge in [-0.05, 0) is 88.4 Å². The van der Waals surface area contributed by atoms with Crippen molar-refractivity contribution < 1.29 is 32.6 Å². The number of furan rings is 1. The third-order valence-electron chi connectivity index (χ3n) is 6.57. The van der Waals surface area contributed by atoms with Crippen molar-refractivity contribution in [3.63, 3.8) is 0 Å². The van der Waals surface area contributed by atoms with Crippen molar-refractivity contribution in [2.24, 2.45) is 0 Å². The average molecular weight is 619 g/mol. The van der Waals surface area contributed by atoms with Crippen LogP contribution in [0.15, 0.2) is 86.4 Å². The molecule has 2 aromatic heterocycles. The van der Waals surface area contributed by atoms with Crippen molar-refractivity contribution in [3.8, 4) is 11.5 Å². The number of halogens is 1. The fourth-order valence-corrected chi connectivity index (χ4v) is 4.51. The molecule has 0 spiro atoms. The van der Waals surface area contributed by atoms with Gasteiger partial charge in [-0.15, -0.1) is 0 Å². The van der Waals surface area contributed by atoms with E-state index in [-0.39, 0.29) is 23.4 Å². The second-order valence-electron chi connectivity index (χ2n) is 11.2. The summed E-state index contributed by atoms with van der Waals surface area (Å²) in [6.45, 7) is 10.9. The van der Waals surface area contributed by atoms with Crippen molar-refractivity contribution in [2.45, 2.75) is 59.2 Å². The molecule has 0 N–H and O–H groups in total. The number of hydrogen-bond donors (Lipinski definition) is 0. The smallest absolute Gasteiger partial charge is 0.350 e. The van der Waals surface area contributed by atoms with E-state index in [0.29, 0.717) is 33.1 Å². The SMILES string of the molecule is CC(C)OC(=O)C(C)(C)Oc1ccc(C(=O)c2ccc(Cl)cc2)cc1.COc1c(C(C)C)oc2cc3oc(=O)ccc3cc12. The van der Waals surface area contributed by atoms with Crippen molar-refractivity contribution in [3.05, 3.63) is 105 Å². The number of rotatable bonds is 8. The maximum Gasteiger partial charge on any atom is 0.350 e. The monoisotopic (exact) mass is 618 g/mol. The summed E-state index contributed by atoms with van der Waals surface area (Å²) in [6.07, 6.45) is -0.213. The summed E-state index contributed by atoms with van der Waals surface area (Å²) in [6, 6.07) is 20.2. The number of benzene rings is 3. The molecule has 2 heterocycles. The first kappa shape index (κ1) is 32.4. The van der Waals surface area contributed by atoms with Gasteiger partial charge in [0.1, 0.15) is 22.7 Å². The molecule has 44 heavy (non-hydrogen) atoms. The van der Waals surface area contributed by atoms with Crippen LogP contribution in [-0.4, -0.2) is 30.6 Å². The molecule has 0 atom stereocenters. The number of esters is 1. The molecule has 0 fully saturated rings. The normalized spacial score (nSPS) is 11.4. The van der Waals surface area contributed by atoms with E-state index in [1.54, 1.807) is 95.5 Å². The van der Waals surface area contributed by atoms with E-state index in [2.05, 4.69) is 0 Å². The minimum Gasteiger partial charge on any atom is -0.492 e. The van der Waals surface area contributed by atoms with Crippen LogP contribution in [0.3, 0.4) is 0 Å². The lowest BCUT2D eigenvalue weighted by molar-refractivity contribution is -0.163. The number of carbonyl (C=O) groups excluding carboxylic acids is 2. The molecule has 0 aliphatic carbocycles. The Hall–Kier alpha value is -4.56. The fourth-order valence-electron chi connectivity index (χ4n) is 4.38. The number of ether oxygens (including phenoxy) is 3. The summed E-state index contributed by atoms with van der Waals surface area (Å²) in [5.41, 5.74) is 0.783. The third kappa shape index (κ3) is 7.50. The van der Waals surface area contributed by atoms with Gasteiger partial charge in [-0.25, -0.2) is 9.59 Å². The van der Waals surface area contributed by atoms with Crippen LogP contribution < -0.4 is 15.1 Å². The van der Waals surface area contributed by atoms with Crippen LogP contribution in [0.5, 0.6) is 11.5 Å².